The number of anilines is 1. The monoisotopic (exact) mass is 360 g/mol. The van der Waals surface area contributed by atoms with Gasteiger partial charge in [-0.25, -0.2) is 4.98 Å². The molecule has 0 fully saturated rings. The third kappa shape index (κ3) is 2.77. The minimum absolute atomic E-state index is 0.191. The number of halogens is 2. The van der Waals surface area contributed by atoms with Gasteiger partial charge in [-0.2, -0.15) is 0 Å². The van der Waals surface area contributed by atoms with Crippen molar-refractivity contribution >= 4 is 49.9 Å². The maximum atomic E-state index is 12.3. The van der Waals surface area contributed by atoms with Crippen LogP contribution in [0.3, 0.4) is 0 Å². The first-order valence-corrected chi connectivity index (χ1v) is 7.43. The second-order valence-corrected chi connectivity index (χ2v) is 5.65. The minimum atomic E-state index is -0.277. The molecule has 1 N–H and O–H groups in total. The number of benzene rings is 2. The van der Waals surface area contributed by atoms with Gasteiger partial charge in [-0.1, -0.05) is 51.8 Å². The first kappa shape index (κ1) is 14.0. The number of hydrogen-bond donors (Lipinski definition) is 1. The Kier molecular flexibility index (Phi) is 3.90. The van der Waals surface area contributed by atoms with E-state index < -0.39 is 0 Å². The molecule has 104 valence electrons. The predicted octanol–water partition coefficient (Wildman–Crippen LogP) is 4.90. The van der Waals surface area contributed by atoms with Crippen molar-refractivity contribution in [3.63, 3.8) is 0 Å². The summed E-state index contributed by atoms with van der Waals surface area (Å²) in [7, 11) is 0. The van der Waals surface area contributed by atoms with Gasteiger partial charge in [-0.15, -0.1) is 0 Å². The molecule has 0 bridgehead atoms. The average molecular weight is 362 g/mol. The first-order chi connectivity index (χ1) is 10.2. The lowest BCUT2D eigenvalue weighted by atomic mass is 10.1. The number of nitrogens with one attached hydrogen (secondary N) is 1. The number of nitrogens with zero attached hydrogens (tertiary/aromatic N) is 1. The molecule has 1 aromatic heterocycles. The lowest BCUT2D eigenvalue weighted by molar-refractivity contribution is 0.102. The number of carbonyl (C=O) groups excluding carboxylic acids is 1. The summed E-state index contributed by atoms with van der Waals surface area (Å²) < 4.78 is 0.982. The highest BCUT2D eigenvalue weighted by Crippen LogP contribution is 2.30. The zero-order valence-electron chi connectivity index (χ0n) is 10.8. The molecule has 21 heavy (non-hydrogen) atoms. The Balaban J connectivity index is 2.01. The molecule has 0 spiro atoms. The normalized spacial score (nSPS) is 10.6. The van der Waals surface area contributed by atoms with Crippen LogP contribution in [0.2, 0.25) is 5.15 Å². The Labute approximate surface area is 135 Å². The van der Waals surface area contributed by atoms with Crippen LogP contribution in [0.5, 0.6) is 0 Å². The van der Waals surface area contributed by atoms with E-state index in [2.05, 4.69) is 26.2 Å². The highest BCUT2D eigenvalue weighted by Gasteiger charge is 2.12. The van der Waals surface area contributed by atoms with Gasteiger partial charge >= 0.3 is 0 Å². The first-order valence-electron chi connectivity index (χ1n) is 6.26. The summed E-state index contributed by atoms with van der Waals surface area (Å²) in [5.41, 5.74) is 1.09. The van der Waals surface area contributed by atoms with Gasteiger partial charge in [0.2, 0.25) is 0 Å². The predicted molar refractivity (Wildman–Crippen MR) is 88.8 cm³/mol. The molecule has 3 aromatic rings. The zero-order chi connectivity index (χ0) is 14.8. The van der Waals surface area contributed by atoms with Gasteiger partial charge in [0.1, 0.15) is 5.15 Å². The van der Waals surface area contributed by atoms with Gasteiger partial charge in [-0.05, 0) is 29.7 Å². The van der Waals surface area contributed by atoms with Crippen LogP contribution in [0.25, 0.3) is 10.8 Å². The van der Waals surface area contributed by atoms with Crippen LogP contribution in [0.15, 0.2) is 59.2 Å². The Bertz CT molecular complexity index is 835. The van der Waals surface area contributed by atoms with Crippen molar-refractivity contribution in [2.75, 3.05) is 5.32 Å². The third-order valence-corrected chi connectivity index (χ3v) is 4.12. The maximum absolute atomic E-state index is 12.3. The number of rotatable bonds is 2. The number of fused-ring (bicyclic) bond motifs is 1. The second-order valence-electron chi connectivity index (χ2n) is 4.44. The quantitative estimate of drug-likeness (QED) is 0.659. The van der Waals surface area contributed by atoms with Crippen molar-refractivity contribution in [1.82, 2.24) is 4.98 Å². The molecule has 2 aromatic carbocycles. The molecule has 0 atom stereocenters. The number of carbonyl (C=O) groups is 1. The fraction of sp³-hybridized carbons (Fsp3) is 0. The topological polar surface area (TPSA) is 42.0 Å². The number of amides is 1. The Morgan fingerprint density at radius 1 is 1.05 bits per heavy atom. The summed E-state index contributed by atoms with van der Waals surface area (Å²) in [6.45, 7) is 0. The van der Waals surface area contributed by atoms with Gasteiger partial charge in [0.05, 0.1) is 5.56 Å². The summed E-state index contributed by atoms with van der Waals surface area (Å²) in [5, 5.41) is 5.07. The Morgan fingerprint density at radius 3 is 2.57 bits per heavy atom. The van der Waals surface area contributed by atoms with E-state index in [-0.39, 0.29) is 11.1 Å². The second kappa shape index (κ2) is 5.84. The SMILES string of the molecule is O=C(Nc1ccc(Br)c2ccccc12)c1cccnc1Cl. The molecular formula is C16H10BrClN2O. The third-order valence-electron chi connectivity index (χ3n) is 3.12. The highest BCUT2D eigenvalue weighted by atomic mass is 79.9. The molecule has 0 radical (unpaired) electrons. The van der Waals surface area contributed by atoms with Gasteiger partial charge in [0.15, 0.2) is 0 Å². The average Bonchev–Trinajstić information content (AvgIpc) is 2.51. The number of aromatic nitrogens is 1. The Morgan fingerprint density at radius 2 is 1.81 bits per heavy atom. The van der Waals surface area contributed by atoms with Crippen LogP contribution < -0.4 is 5.32 Å². The van der Waals surface area contributed by atoms with E-state index in [1.165, 1.54) is 0 Å². The summed E-state index contributed by atoms with van der Waals surface area (Å²) in [6.07, 6.45) is 1.55. The smallest absolute Gasteiger partial charge is 0.258 e. The summed E-state index contributed by atoms with van der Waals surface area (Å²) in [5.74, 6) is -0.277. The van der Waals surface area contributed by atoms with E-state index >= 15 is 0 Å². The Hall–Kier alpha value is -1.91. The molecule has 0 aliphatic heterocycles. The fourth-order valence-electron chi connectivity index (χ4n) is 2.12. The summed E-state index contributed by atoms with van der Waals surface area (Å²) >= 11 is 9.46. The van der Waals surface area contributed by atoms with E-state index in [0.29, 0.717) is 5.56 Å². The van der Waals surface area contributed by atoms with E-state index in [9.17, 15) is 4.79 Å². The van der Waals surface area contributed by atoms with Crippen molar-refractivity contribution in [3.8, 4) is 0 Å². The standard InChI is InChI=1S/C16H10BrClN2O/c17-13-7-8-14(11-5-2-1-4-10(11)13)20-16(21)12-6-3-9-19-15(12)18/h1-9H,(H,20,21). The van der Waals surface area contributed by atoms with E-state index in [0.717, 1.165) is 20.9 Å². The zero-order valence-corrected chi connectivity index (χ0v) is 13.1. The van der Waals surface area contributed by atoms with Crippen LogP contribution in [-0.2, 0) is 0 Å². The molecule has 0 saturated carbocycles. The van der Waals surface area contributed by atoms with Crippen molar-refractivity contribution in [2.45, 2.75) is 0 Å². The maximum Gasteiger partial charge on any atom is 0.258 e. The molecule has 0 aliphatic carbocycles. The van der Waals surface area contributed by atoms with Gasteiger partial charge in [0.25, 0.3) is 5.91 Å². The molecule has 0 aliphatic rings. The van der Waals surface area contributed by atoms with E-state index in [1.807, 2.05) is 36.4 Å². The van der Waals surface area contributed by atoms with Crippen LogP contribution in [0.1, 0.15) is 10.4 Å². The molecule has 3 nitrogen and oxygen atoms in total. The van der Waals surface area contributed by atoms with Gasteiger partial charge in [-0.3, -0.25) is 4.79 Å². The van der Waals surface area contributed by atoms with Crippen LogP contribution >= 0.6 is 27.5 Å². The lowest BCUT2D eigenvalue weighted by Gasteiger charge is -2.10. The fourth-order valence-corrected chi connectivity index (χ4v) is 2.80. The van der Waals surface area contributed by atoms with Gasteiger partial charge < -0.3 is 5.32 Å². The van der Waals surface area contributed by atoms with E-state index in [1.54, 1.807) is 18.3 Å². The lowest BCUT2D eigenvalue weighted by Crippen LogP contribution is -2.13. The van der Waals surface area contributed by atoms with Crippen LogP contribution in [-0.4, -0.2) is 10.9 Å². The molecule has 1 heterocycles. The molecule has 5 heteroatoms. The molecule has 1 amide bonds. The summed E-state index contributed by atoms with van der Waals surface area (Å²) in [6, 6.07) is 14.9. The molecule has 3 rings (SSSR count). The van der Waals surface area contributed by atoms with Crippen molar-refractivity contribution in [3.05, 3.63) is 69.9 Å². The molecular weight excluding hydrogens is 352 g/mol. The van der Waals surface area contributed by atoms with Crippen molar-refractivity contribution < 1.29 is 4.79 Å². The van der Waals surface area contributed by atoms with Crippen LogP contribution in [0.4, 0.5) is 5.69 Å². The molecule has 0 unspecified atom stereocenters. The van der Waals surface area contributed by atoms with Crippen molar-refractivity contribution in [1.29, 1.82) is 0 Å². The molecule has 0 saturated heterocycles. The minimum Gasteiger partial charge on any atom is -0.321 e. The van der Waals surface area contributed by atoms with E-state index in [4.69, 9.17) is 11.6 Å². The van der Waals surface area contributed by atoms with Crippen molar-refractivity contribution in [2.24, 2.45) is 0 Å². The van der Waals surface area contributed by atoms with Gasteiger partial charge in [0, 0.05) is 21.7 Å². The highest BCUT2D eigenvalue weighted by molar-refractivity contribution is 9.10. The number of pyridine rings is 1. The van der Waals surface area contributed by atoms with Crippen LogP contribution in [0, 0.1) is 0 Å². The largest absolute Gasteiger partial charge is 0.321 e. The number of hydrogen-bond acceptors (Lipinski definition) is 2. The summed E-state index contributed by atoms with van der Waals surface area (Å²) in [4.78, 5) is 16.2.